The number of nitrogens with zero attached hydrogens (tertiary/aromatic N) is 2. The van der Waals surface area contributed by atoms with Gasteiger partial charge in [-0.1, -0.05) is 11.6 Å². The van der Waals surface area contributed by atoms with Gasteiger partial charge in [0.15, 0.2) is 0 Å². The number of carbonyl (C=O) groups excluding carboxylic acids is 1. The van der Waals surface area contributed by atoms with E-state index in [4.69, 9.17) is 16.3 Å². The van der Waals surface area contributed by atoms with Crippen LogP contribution >= 0.6 is 11.6 Å². The van der Waals surface area contributed by atoms with Gasteiger partial charge in [0.1, 0.15) is 6.20 Å². The van der Waals surface area contributed by atoms with Crippen LogP contribution in [0.2, 0.25) is 5.02 Å². The van der Waals surface area contributed by atoms with Gasteiger partial charge >= 0.3 is 11.8 Å². The Morgan fingerprint density at radius 3 is 2.88 bits per heavy atom. The van der Waals surface area contributed by atoms with E-state index in [9.17, 15) is 14.9 Å². The van der Waals surface area contributed by atoms with E-state index >= 15 is 0 Å². The number of aromatic nitrogens is 1. The summed E-state index contributed by atoms with van der Waals surface area (Å²) < 4.78 is 4.72. The maximum Gasteiger partial charge on any atom is 0.364 e. The fourth-order valence-electron chi connectivity index (χ4n) is 1.05. The van der Waals surface area contributed by atoms with E-state index in [0.717, 1.165) is 6.07 Å². The molecule has 6 nitrogen and oxygen atoms in total. The first-order valence-electron chi connectivity index (χ1n) is 4.49. The second kappa shape index (κ2) is 5.41. The Bertz CT molecular complexity index is 422. The number of carbonyl (C=O) groups is 1. The monoisotopic (exact) mass is 244 g/mol. The standard InChI is InChI=1S/C9H9ClN2O4/c1-2-16-9(13)3-6-5-11-8(12(14)15)4-7(6)10/h4-5H,2-3H2,1H3. The summed E-state index contributed by atoms with van der Waals surface area (Å²) in [5.74, 6) is -0.794. The van der Waals surface area contributed by atoms with E-state index in [1.165, 1.54) is 6.20 Å². The molecule has 7 heteroatoms. The third kappa shape index (κ3) is 3.16. The van der Waals surface area contributed by atoms with Gasteiger partial charge in [0, 0.05) is 5.56 Å². The van der Waals surface area contributed by atoms with E-state index in [0.29, 0.717) is 5.56 Å². The smallest absolute Gasteiger partial charge is 0.364 e. The Balaban J connectivity index is 2.83. The lowest BCUT2D eigenvalue weighted by Crippen LogP contribution is -2.08. The second-order valence-electron chi connectivity index (χ2n) is 2.87. The minimum atomic E-state index is -0.653. The zero-order chi connectivity index (χ0) is 12.1. The molecule has 1 aromatic heterocycles. The molecule has 0 radical (unpaired) electrons. The molecule has 16 heavy (non-hydrogen) atoms. The Morgan fingerprint density at radius 1 is 1.69 bits per heavy atom. The fourth-order valence-corrected chi connectivity index (χ4v) is 1.26. The van der Waals surface area contributed by atoms with Crippen LogP contribution in [0.3, 0.4) is 0 Å². The number of esters is 1. The summed E-state index contributed by atoms with van der Waals surface area (Å²) in [6, 6.07) is 1.11. The molecular weight excluding hydrogens is 236 g/mol. The van der Waals surface area contributed by atoms with E-state index in [1.54, 1.807) is 6.92 Å². The first kappa shape index (κ1) is 12.4. The highest BCUT2D eigenvalue weighted by atomic mass is 35.5. The van der Waals surface area contributed by atoms with Gasteiger partial charge in [-0.2, -0.15) is 0 Å². The molecule has 0 N–H and O–H groups in total. The fraction of sp³-hybridized carbons (Fsp3) is 0.333. The van der Waals surface area contributed by atoms with Crippen LogP contribution in [0.25, 0.3) is 0 Å². The van der Waals surface area contributed by atoms with Gasteiger partial charge in [0.05, 0.1) is 24.1 Å². The van der Waals surface area contributed by atoms with Gasteiger partial charge in [-0.3, -0.25) is 4.79 Å². The predicted octanol–water partition coefficient (Wildman–Crippen LogP) is 1.75. The van der Waals surface area contributed by atoms with E-state index in [1.807, 2.05) is 0 Å². The summed E-state index contributed by atoms with van der Waals surface area (Å²) in [6.07, 6.45) is 1.16. The third-order valence-corrected chi connectivity index (χ3v) is 2.09. The van der Waals surface area contributed by atoms with Crippen LogP contribution in [-0.2, 0) is 16.0 Å². The molecule has 0 atom stereocenters. The van der Waals surface area contributed by atoms with Crippen molar-refractivity contribution in [3.63, 3.8) is 0 Å². The molecule has 0 aromatic carbocycles. The van der Waals surface area contributed by atoms with Crippen LogP contribution in [-0.4, -0.2) is 22.5 Å². The van der Waals surface area contributed by atoms with Crippen molar-refractivity contribution in [1.29, 1.82) is 0 Å². The summed E-state index contributed by atoms with van der Waals surface area (Å²) in [4.78, 5) is 24.4. The molecule has 0 bridgehead atoms. The molecule has 0 spiro atoms. The summed E-state index contributed by atoms with van der Waals surface area (Å²) >= 11 is 5.77. The maximum absolute atomic E-state index is 11.1. The van der Waals surface area contributed by atoms with Crippen LogP contribution in [0.1, 0.15) is 12.5 Å². The molecule has 1 rings (SSSR count). The molecule has 0 aliphatic carbocycles. The quantitative estimate of drug-likeness (QED) is 0.458. The molecule has 0 saturated carbocycles. The van der Waals surface area contributed by atoms with E-state index < -0.39 is 10.9 Å². The van der Waals surface area contributed by atoms with Crippen LogP contribution in [0, 0.1) is 10.1 Å². The Labute approximate surface area is 96.3 Å². The summed E-state index contributed by atoms with van der Waals surface area (Å²) in [7, 11) is 0. The number of hydrogen-bond acceptors (Lipinski definition) is 5. The Kier molecular flexibility index (Phi) is 4.19. The van der Waals surface area contributed by atoms with Crippen LogP contribution in [0.15, 0.2) is 12.3 Å². The number of ether oxygens (including phenoxy) is 1. The molecule has 1 aromatic rings. The molecule has 0 amide bonds. The van der Waals surface area contributed by atoms with Crippen molar-refractivity contribution in [1.82, 2.24) is 4.98 Å². The highest BCUT2D eigenvalue weighted by Gasteiger charge is 2.14. The maximum atomic E-state index is 11.1. The van der Waals surface area contributed by atoms with Gasteiger partial charge in [0.25, 0.3) is 0 Å². The third-order valence-electron chi connectivity index (χ3n) is 1.74. The first-order chi connectivity index (χ1) is 7.54. The minimum absolute atomic E-state index is 0.0440. The lowest BCUT2D eigenvalue weighted by molar-refractivity contribution is -0.389. The molecular formula is C9H9ClN2O4. The number of halogens is 1. The Morgan fingerprint density at radius 2 is 2.38 bits per heavy atom. The topological polar surface area (TPSA) is 82.3 Å². The highest BCUT2D eigenvalue weighted by molar-refractivity contribution is 6.31. The molecule has 0 unspecified atom stereocenters. The SMILES string of the molecule is CCOC(=O)Cc1cnc([N+](=O)[O-])cc1Cl. The van der Waals surface area contributed by atoms with E-state index in [2.05, 4.69) is 4.98 Å². The summed E-state index contributed by atoms with van der Waals surface area (Å²) in [6.45, 7) is 1.96. The van der Waals surface area contributed by atoms with Gasteiger partial charge in [0.2, 0.25) is 0 Å². The second-order valence-corrected chi connectivity index (χ2v) is 3.28. The molecule has 86 valence electrons. The normalized spacial score (nSPS) is 9.88. The number of rotatable bonds is 4. The zero-order valence-electron chi connectivity index (χ0n) is 8.47. The summed E-state index contributed by atoms with van der Waals surface area (Å²) in [5.41, 5.74) is 0.408. The lowest BCUT2D eigenvalue weighted by atomic mass is 10.2. The van der Waals surface area contributed by atoms with Crippen molar-refractivity contribution in [2.75, 3.05) is 6.61 Å². The van der Waals surface area contributed by atoms with Crippen LogP contribution in [0.4, 0.5) is 5.82 Å². The van der Waals surface area contributed by atoms with Gasteiger partial charge in [-0.15, -0.1) is 0 Å². The van der Waals surface area contributed by atoms with Crippen LogP contribution < -0.4 is 0 Å². The number of nitro groups is 1. The summed E-state index contributed by atoms with van der Waals surface area (Å²) in [5, 5.41) is 10.5. The molecule has 0 aliphatic rings. The minimum Gasteiger partial charge on any atom is -0.466 e. The van der Waals surface area contributed by atoms with Crippen molar-refractivity contribution in [2.45, 2.75) is 13.3 Å². The first-order valence-corrected chi connectivity index (χ1v) is 4.86. The average Bonchev–Trinajstić information content (AvgIpc) is 2.21. The van der Waals surface area contributed by atoms with Crippen LogP contribution in [0.5, 0.6) is 0 Å². The molecule has 0 aliphatic heterocycles. The van der Waals surface area contributed by atoms with Crippen molar-refractivity contribution in [3.05, 3.63) is 33.0 Å². The Hall–Kier alpha value is -1.69. The van der Waals surface area contributed by atoms with E-state index in [-0.39, 0.29) is 23.9 Å². The van der Waals surface area contributed by atoms with Gasteiger partial charge in [-0.25, -0.2) is 0 Å². The van der Waals surface area contributed by atoms with Gasteiger partial charge in [-0.05, 0) is 16.8 Å². The zero-order valence-corrected chi connectivity index (χ0v) is 9.23. The van der Waals surface area contributed by atoms with Crippen molar-refractivity contribution in [3.8, 4) is 0 Å². The van der Waals surface area contributed by atoms with Crippen molar-refractivity contribution in [2.24, 2.45) is 0 Å². The molecule has 0 saturated heterocycles. The highest BCUT2D eigenvalue weighted by Crippen LogP contribution is 2.20. The van der Waals surface area contributed by atoms with Crippen molar-refractivity contribution < 1.29 is 14.5 Å². The number of hydrogen-bond donors (Lipinski definition) is 0. The molecule has 0 fully saturated rings. The average molecular weight is 245 g/mol. The van der Waals surface area contributed by atoms with Crippen molar-refractivity contribution >= 4 is 23.4 Å². The largest absolute Gasteiger partial charge is 0.466 e. The predicted molar refractivity (Wildman–Crippen MR) is 56.2 cm³/mol. The lowest BCUT2D eigenvalue weighted by Gasteiger charge is -2.02. The number of pyridine rings is 1. The molecule has 1 heterocycles. The van der Waals surface area contributed by atoms with Gasteiger partial charge < -0.3 is 14.9 Å².